The van der Waals surface area contributed by atoms with E-state index in [2.05, 4.69) is 32.2 Å². The summed E-state index contributed by atoms with van der Waals surface area (Å²) in [4.78, 5) is 26.8. The molecule has 0 unspecified atom stereocenters. The predicted octanol–water partition coefficient (Wildman–Crippen LogP) is 4.43. The lowest BCUT2D eigenvalue weighted by atomic mass is 9.92. The van der Waals surface area contributed by atoms with Crippen molar-refractivity contribution in [2.75, 3.05) is 18.9 Å². The standard InChI is InChI=1S/C26H32N4O2/c1-18-12-13-21(19(2)14-18)30-23(16-22(28-30)26(3,4)5)27-24(31)17-29(6)25(32)15-20-10-8-7-9-11-20/h7-14,16H,15,17H2,1-6H3,(H,27,31). The Hall–Kier alpha value is -3.41. The summed E-state index contributed by atoms with van der Waals surface area (Å²) in [6, 6.07) is 17.6. The van der Waals surface area contributed by atoms with Gasteiger partial charge in [-0.25, -0.2) is 4.68 Å². The molecule has 0 aliphatic carbocycles. The van der Waals surface area contributed by atoms with E-state index in [-0.39, 0.29) is 30.2 Å². The lowest BCUT2D eigenvalue weighted by Crippen LogP contribution is -2.36. The number of carbonyl (C=O) groups is 2. The zero-order valence-corrected chi connectivity index (χ0v) is 19.8. The third kappa shape index (κ3) is 5.63. The fourth-order valence-electron chi connectivity index (χ4n) is 3.45. The zero-order valence-electron chi connectivity index (χ0n) is 19.8. The van der Waals surface area contributed by atoms with Gasteiger partial charge in [-0.2, -0.15) is 5.10 Å². The zero-order chi connectivity index (χ0) is 23.5. The Morgan fingerprint density at radius 2 is 1.72 bits per heavy atom. The fourth-order valence-corrected chi connectivity index (χ4v) is 3.45. The predicted molar refractivity (Wildman–Crippen MR) is 128 cm³/mol. The highest BCUT2D eigenvalue weighted by Gasteiger charge is 2.23. The van der Waals surface area contributed by atoms with Crippen LogP contribution in [0.3, 0.4) is 0 Å². The largest absolute Gasteiger partial charge is 0.336 e. The van der Waals surface area contributed by atoms with Crippen LogP contribution in [0.5, 0.6) is 0 Å². The molecule has 1 N–H and O–H groups in total. The van der Waals surface area contributed by atoms with Crippen LogP contribution in [0, 0.1) is 13.8 Å². The molecule has 1 aromatic heterocycles. The van der Waals surface area contributed by atoms with Crippen molar-refractivity contribution in [2.45, 2.75) is 46.5 Å². The Bertz CT molecular complexity index is 1110. The topological polar surface area (TPSA) is 67.2 Å². The Labute approximate surface area is 190 Å². The number of likely N-dealkylation sites (N-methyl/N-ethyl adjacent to an activating group) is 1. The molecular weight excluding hydrogens is 400 g/mol. The Morgan fingerprint density at radius 3 is 2.34 bits per heavy atom. The van der Waals surface area contributed by atoms with E-state index in [1.807, 2.05) is 62.4 Å². The van der Waals surface area contributed by atoms with Crippen molar-refractivity contribution in [3.05, 3.63) is 77.0 Å². The summed E-state index contributed by atoms with van der Waals surface area (Å²) in [5.41, 5.74) is 4.77. The molecule has 3 aromatic rings. The molecule has 0 fully saturated rings. The minimum atomic E-state index is -0.264. The maximum absolute atomic E-state index is 12.8. The monoisotopic (exact) mass is 432 g/mol. The number of anilines is 1. The second-order valence-corrected chi connectivity index (χ2v) is 9.33. The number of carbonyl (C=O) groups excluding carboxylic acids is 2. The molecule has 1 heterocycles. The number of nitrogens with zero attached hydrogens (tertiary/aromatic N) is 3. The van der Waals surface area contributed by atoms with Crippen molar-refractivity contribution in [3.8, 4) is 5.69 Å². The highest BCUT2D eigenvalue weighted by molar-refractivity contribution is 5.94. The first-order chi connectivity index (χ1) is 15.0. The van der Waals surface area contributed by atoms with E-state index in [9.17, 15) is 9.59 Å². The number of aromatic nitrogens is 2. The van der Waals surface area contributed by atoms with Gasteiger partial charge < -0.3 is 10.2 Å². The first-order valence-corrected chi connectivity index (χ1v) is 10.8. The lowest BCUT2D eigenvalue weighted by Gasteiger charge is -2.17. The van der Waals surface area contributed by atoms with Crippen LogP contribution in [0.4, 0.5) is 5.82 Å². The molecule has 0 saturated carbocycles. The highest BCUT2D eigenvalue weighted by atomic mass is 16.2. The Kier molecular flexibility index (Phi) is 6.82. The average Bonchev–Trinajstić information content (AvgIpc) is 3.12. The van der Waals surface area contributed by atoms with E-state index >= 15 is 0 Å². The molecule has 0 radical (unpaired) electrons. The summed E-state index contributed by atoms with van der Waals surface area (Å²) in [5.74, 6) is 0.223. The SMILES string of the molecule is Cc1ccc(-n2nc(C(C)(C)C)cc2NC(=O)CN(C)C(=O)Cc2ccccc2)c(C)c1. The van der Waals surface area contributed by atoms with E-state index in [0.717, 1.165) is 22.5 Å². The van der Waals surface area contributed by atoms with E-state index in [4.69, 9.17) is 5.10 Å². The van der Waals surface area contributed by atoms with Crippen molar-refractivity contribution in [2.24, 2.45) is 0 Å². The molecule has 0 aliphatic heterocycles. The van der Waals surface area contributed by atoms with Gasteiger partial charge >= 0.3 is 0 Å². The van der Waals surface area contributed by atoms with E-state index in [0.29, 0.717) is 5.82 Å². The molecule has 2 amide bonds. The van der Waals surface area contributed by atoms with Gasteiger partial charge in [-0.05, 0) is 31.0 Å². The first-order valence-electron chi connectivity index (χ1n) is 10.8. The summed E-state index contributed by atoms with van der Waals surface area (Å²) in [6.07, 6.45) is 0.263. The first kappa shape index (κ1) is 23.3. The number of hydrogen-bond acceptors (Lipinski definition) is 3. The minimum Gasteiger partial charge on any atom is -0.336 e. The molecule has 2 aromatic carbocycles. The van der Waals surface area contributed by atoms with Crippen LogP contribution in [-0.4, -0.2) is 40.1 Å². The van der Waals surface area contributed by atoms with Gasteiger partial charge in [0, 0.05) is 18.5 Å². The van der Waals surface area contributed by atoms with Gasteiger partial charge in [-0.3, -0.25) is 9.59 Å². The smallest absolute Gasteiger partial charge is 0.245 e. The molecule has 168 valence electrons. The second-order valence-electron chi connectivity index (χ2n) is 9.33. The van der Waals surface area contributed by atoms with Crippen LogP contribution in [0.15, 0.2) is 54.6 Å². The van der Waals surface area contributed by atoms with Crippen LogP contribution in [0.25, 0.3) is 5.69 Å². The highest BCUT2D eigenvalue weighted by Crippen LogP contribution is 2.27. The summed E-state index contributed by atoms with van der Waals surface area (Å²) < 4.78 is 1.78. The molecule has 0 saturated heterocycles. The van der Waals surface area contributed by atoms with Gasteiger partial charge in [-0.1, -0.05) is 68.8 Å². The van der Waals surface area contributed by atoms with Crippen molar-refractivity contribution < 1.29 is 9.59 Å². The number of nitrogens with one attached hydrogen (secondary N) is 1. The van der Waals surface area contributed by atoms with Crippen LogP contribution >= 0.6 is 0 Å². The average molecular weight is 433 g/mol. The quantitative estimate of drug-likeness (QED) is 0.627. The number of aryl methyl sites for hydroxylation is 2. The van der Waals surface area contributed by atoms with E-state index in [1.54, 1.807) is 11.7 Å². The number of hydrogen-bond donors (Lipinski definition) is 1. The van der Waals surface area contributed by atoms with Crippen molar-refractivity contribution in [1.29, 1.82) is 0 Å². The van der Waals surface area contributed by atoms with Gasteiger partial charge in [-0.15, -0.1) is 0 Å². The van der Waals surface area contributed by atoms with E-state index < -0.39 is 0 Å². The Morgan fingerprint density at radius 1 is 1.03 bits per heavy atom. The molecule has 0 bridgehead atoms. The van der Waals surface area contributed by atoms with Gasteiger partial charge in [0.15, 0.2) is 0 Å². The lowest BCUT2D eigenvalue weighted by molar-refractivity contribution is -0.132. The fraction of sp³-hybridized carbons (Fsp3) is 0.346. The van der Waals surface area contributed by atoms with Crippen molar-refractivity contribution in [1.82, 2.24) is 14.7 Å². The van der Waals surface area contributed by atoms with Crippen LogP contribution in [0.2, 0.25) is 0 Å². The summed E-state index contributed by atoms with van der Waals surface area (Å²) in [5, 5.41) is 7.75. The normalized spacial score (nSPS) is 11.3. The minimum absolute atomic E-state index is 0.0332. The summed E-state index contributed by atoms with van der Waals surface area (Å²) in [7, 11) is 1.65. The summed E-state index contributed by atoms with van der Waals surface area (Å²) in [6.45, 7) is 10.3. The van der Waals surface area contributed by atoms with Crippen LogP contribution < -0.4 is 5.32 Å². The van der Waals surface area contributed by atoms with Crippen molar-refractivity contribution in [3.63, 3.8) is 0 Å². The maximum Gasteiger partial charge on any atom is 0.245 e. The second kappa shape index (κ2) is 9.39. The number of rotatable bonds is 6. The molecule has 6 nitrogen and oxygen atoms in total. The van der Waals surface area contributed by atoms with Gasteiger partial charge in [0.2, 0.25) is 11.8 Å². The maximum atomic E-state index is 12.8. The summed E-state index contributed by atoms with van der Waals surface area (Å²) >= 11 is 0. The third-order valence-corrected chi connectivity index (χ3v) is 5.33. The van der Waals surface area contributed by atoms with Gasteiger partial charge in [0.1, 0.15) is 5.82 Å². The van der Waals surface area contributed by atoms with Crippen LogP contribution in [0.1, 0.15) is 43.2 Å². The third-order valence-electron chi connectivity index (χ3n) is 5.33. The Balaban J connectivity index is 1.79. The molecule has 32 heavy (non-hydrogen) atoms. The molecular formula is C26H32N4O2. The molecule has 3 rings (SSSR count). The number of amides is 2. The van der Waals surface area contributed by atoms with Gasteiger partial charge in [0.25, 0.3) is 0 Å². The molecule has 0 atom stereocenters. The molecule has 0 spiro atoms. The van der Waals surface area contributed by atoms with E-state index in [1.165, 1.54) is 10.5 Å². The van der Waals surface area contributed by atoms with Crippen LogP contribution in [-0.2, 0) is 21.4 Å². The molecule has 0 aliphatic rings. The van der Waals surface area contributed by atoms with Crippen molar-refractivity contribution >= 4 is 17.6 Å². The van der Waals surface area contributed by atoms with Gasteiger partial charge in [0.05, 0.1) is 24.3 Å². The number of benzene rings is 2. The molecule has 6 heteroatoms.